The highest BCUT2D eigenvalue weighted by Crippen LogP contribution is 2.31. The van der Waals surface area contributed by atoms with Gasteiger partial charge in [0.15, 0.2) is 11.6 Å². The lowest BCUT2D eigenvalue weighted by atomic mass is 10.1. The van der Waals surface area contributed by atoms with E-state index in [0.717, 1.165) is 6.07 Å². The minimum absolute atomic E-state index is 0.0494. The molecule has 4 nitrogen and oxygen atoms in total. The number of nitrogens with one attached hydrogen (secondary N) is 1. The van der Waals surface area contributed by atoms with Gasteiger partial charge in [0, 0.05) is 10.0 Å². The van der Waals surface area contributed by atoms with Crippen molar-refractivity contribution in [3.63, 3.8) is 0 Å². The van der Waals surface area contributed by atoms with Crippen molar-refractivity contribution in [1.29, 1.82) is 0 Å². The maximum atomic E-state index is 13.6. The molecule has 114 valence electrons. The van der Waals surface area contributed by atoms with E-state index in [9.17, 15) is 8.78 Å². The molecule has 0 aliphatic heterocycles. The van der Waals surface area contributed by atoms with Crippen molar-refractivity contribution in [1.82, 2.24) is 15.5 Å². The second kappa shape index (κ2) is 6.33. The predicted octanol–water partition coefficient (Wildman–Crippen LogP) is 4.26. The summed E-state index contributed by atoms with van der Waals surface area (Å²) in [7, 11) is 0. The Morgan fingerprint density at radius 1 is 1.29 bits per heavy atom. The summed E-state index contributed by atoms with van der Waals surface area (Å²) in [5.74, 6) is -2.27. The van der Waals surface area contributed by atoms with E-state index in [4.69, 9.17) is 4.74 Å². The van der Waals surface area contributed by atoms with E-state index in [2.05, 4.69) is 31.4 Å². The molecule has 8 heteroatoms. The molecule has 0 saturated carbocycles. The molecule has 0 fully saturated rings. The molecular formula is C13H14BrF2N3OS. The largest absolute Gasteiger partial charge is 0.426 e. The van der Waals surface area contributed by atoms with E-state index < -0.39 is 11.6 Å². The Balaban J connectivity index is 2.09. The minimum atomic E-state index is -1.05. The number of aromatic nitrogens is 2. The van der Waals surface area contributed by atoms with E-state index in [0.29, 0.717) is 16.0 Å². The summed E-state index contributed by atoms with van der Waals surface area (Å²) in [6.07, 6.45) is 0. The quantitative estimate of drug-likeness (QED) is 0.808. The number of rotatable bonds is 4. The lowest BCUT2D eigenvalue weighted by Gasteiger charge is -2.19. The first-order valence-corrected chi connectivity index (χ1v) is 7.75. The van der Waals surface area contributed by atoms with Crippen LogP contribution in [0.25, 0.3) is 0 Å². The van der Waals surface area contributed by atoms with Crippen molar-refractivity contribution in [2.45, 2.75) is 32.9 Å². The summed E-state index contributed by atoms with van der Waals surface area (Å²) in [6, 6.07) is 2.37. The predicted molar refractivity (Wildman–Crippen MR) is 80.6 cm³/mol. The van der Waals surface area contributed by atoms with Crippen LogP contribution in [-0.2, 0) is 6.54 Å². The number of benzene rings is 1. The SMILES string of the molecule is CC(C)(C)NCc1nnc(Oc2cc(Br)cc(F)c2F)s1. The Kier molecular flexibility index (Phi) is 4.90. The average Bonchev–Trinajstić information content (AvgIpc) is 2.80. The Bertz CT molecular complexity index is 643. The summed E-state index contributed by atoms with van der Waals surface area (Å²) in [4.78, 5) is 0. The second-order valence-electron chi connectivity index (χ2n) is 5.37. The Hall–Kier alpha value is -1.12. The third kappa shape index (κ3) is 4.69. The molecule has 1 N–H and O–H groups in total. The van der Waals surface area contributed by atoms with Crippen LogP contribution in [0.4, 0.5) is 8.78 Å². The van der Waals surface area contributed by atoms with E-state index >= 15 is 0 Å². The Morgan fingerprint density at radius 3 is 2.67 bits per heavy atom. The van der Waals surface area contributed by atoms with Gasteiger partial charge in [0.1, 0.15) is 5.01 Å². The van der Waals surface area contributed by atoms with Crippen LogP contribution < -0.4 is 10.1 Å². The normalized spacial score (nSPS) is 11.7. The van der Waals surface area contributed by atoms with Gasteiger partial charge in [-0.15, -0.1) is 5.10 Å². The van der Waals surface area contributed by atoms with Crippen molar-refractivity contribution in [3.8, 4) is 10.9 Å². The molecule has 0 spiro atoms. The second-order valence-corrected chi connectivity index (χ2v) is 7.31. The molecule has 1 aromatic heterocycles. The fourth-order valence-corrected chi connectivity index (χ4v) is 2.44. The van der Waals surface area contributed by atoms with Crippen LogP contribution in [-0.4, -0.2) is 15.7 Å². The van der Waals surface area contributed by atoms with Crippen molar-refractivity contribution in [2.75, 3.05) is 0 Å². The fraction of sp³-hybridized carbons (Fsp3) is 0.385. The van der Waals surface area contributed by atoms with Gasteiger partial charge in [-0.05, 0) is 32.9 Å². The van der Waals surface area contributed by atoms with Gasteiger partial charge in [0.25, 0.3) is 5.19 Å². The molecule has 0 saturated heterocycles. The average molecular weight is 378 g/mol. The van der Waals surface area contributed by atoms with E-state index in [-0.39, 0.29) is 16.5 Å². The van der Waals surface area contributed by atoms with Crippen LogP contribution in [0.1, 0.15) is 25.8 Å². The molecule has 0 unspecified atom stereocenters. The Morgan fingerprint density at radius 2 is 2.00 bits per heavy atom. The molecule has 0 aliphatic carbocycles. The van der Waals surface area contributed by atoms with Gasteiger partial charge in [-0.1, -0.05) is 32.4 Å². The Labute approximate surface area is 133 Å². The van der Waals surface area contributed by atoms with Gasteiger partial charge < -0.3 is 10.1 Å². The van der Waals surface area contributed by atoms with Gasteiger partial charge >= 0.3 is 0 Å². The first kappa shape index (κ1) is 16.3. The molecule has 0 aliphatic rings. The molecule has 1 heterocycles. The molecule has 21 heavy (non-hydrogen) atoms. The van der Waals surface area contributed by atoms with Crippen molar-refractivity contribution in [2.24, 2.45) is 0 Å². The van der Waals surface area contributed by atoms with Gasteiger partial charge in [-0.3, -0.25) is 0 Å². The van der Waals surface area contributed by atoms with Crippen molar-refractivity contribution in [3.05, 3.63) is 33.2 Å². The molecular weight excluding hydrogens is 364 g/mol. The lowest BCUT2D eigenvalue weighted by molar-refractivity contribution is 0.410. The maximum Gasteiger partial charge on any atom is 0.299 e. The van der Waals surface area contributed by atoms with Crippen molar-refractivity contribution < 1.29 is 13.5 Å². The van der Waals surface area contributed by atoms with Gasteiger partial charge in [0.05, 0.1) is 6.54 Å². The summed E-state index contributed by atoms with van der Waals surface area (Å²) < 4.78 is 32.5. The fourth-order valence-electron chi connectivity index (χ4n) is 1.39. The topological polar surface area (TPSA) is 47.0 Å². The van der Waals surface area contributed by atoms with Gasteiger partial charge in [0.2, 0.25) is 5.82 Å². The highest BCUT2D eigenvalue weighted by atomic mass is 79.9. The lowest BCUT2D eigenvalue weighted by Crippen LogP contribution is -2.35. The zero-order valence-corrected chi connectivity index (χ0v) is 14.1. The summed E-state index contributed by atoms with van der Waals surface area (Å²) >= 11 is 4.26. The molecule has 0 bridgehead atoms. The van der Waals surface area contributed by atoms with E-state index in [1.807, 2.05) is 20.8 Å². The van der Waals surface area contributed by atoms with Gasteiger partial charge in [-0.25, -0.2) is 4.39 Å². The standard InChI is InChI=1S/C13H14BrF2N3OS/c1-13(2,3)17-6-10-18-19-12(21-10)20-9-5-7(14)4-8(15)11(9)16/h4-5,17H,6H2,1-3H3. The van der Waals surface area contributed by atoms with E-state index in [1.54, 1.807) is 0 Å². The van der Waals surface area contributed by atoms with Gasteiger partial charge in [-0.2, -0.15) is 4.39 Å². The zero-order chi connectivity index (χ0) is 15.6. The zero-order valence-electron chi connectivity index (χ0n) is 11.7. The molecule has 0 radical (unpaired) electrons. The number of ether oxygens (including phenoxy) is 1. The number of hydrogen-bond donors (Lipinski definition) is 1. The van der Waals surface area contributed by atoms with Crippen LogP contribution in [0.2, 0.25) is 0 Å². The van der Waals surface area contributed by atoms with E-state index in [1.165, 1.54) is 17.4 Å². The molecule has 2 rings (SSSR count). The number of hydrogen-bond acceptors (Lipinski definition) is 5. The first-order valence-electron chi connectivity index (χ1n) is 6.14. The minimum Gasteiger partial charge on any atom is -0.426 e. The highest BCUT2D eigenvalue weighted by Gasteiger charge is 2.15. The van der Waals surface area contributed by atoms with Crippen LogP contribution >= 0.6 is 27.3 Å². The number of nitrogens with zero attached hydrogens (tertiary/aromatic N) is 2. The highest BCUT2D eigenvalue weighted by molar-refractivity contribution is 9.10. The van der Waals surface area contributed by atoms with Crippen LogP contribution in [0, 0.1) is 11.6 Å². The number of halogens is 3. The summed E-state index contributed by atoms with van der Waals surface area (Å²) in [5.41, 5.74) is -0.0494. The third-order valence-corrected chi connectivity index (χ3v) is 3.63. The third-order valence-electron chi connectivity index (χ3n) is 2.38. The molecule has 0 amide bonds. The molecule has 0 atom stereocenters. The molecule has 1 aromatic carbocycles. The van der Waals surface area contributed by atoms with Crippen LogP contribution in [0.5, 0.6) is 10.9 Å². The first-order chi connectivity index (χ1) is 9.74. The van der Waals surface area contributed by atoms with Crippen LogP contribution in [0.3, 0.4) is 0 Å². The maximum absolute atomic E-state index is 13.6. The van der Waals surface area contributed by atoms with Crippen molar-refractivity contribution >= 4 is 27.3 Å². The monoisotopic (exact) mass is 377 g/mol. The smallest absolute Gasteiger partial charge is 0.299 e. The van der Waals surface area contributed by atoms with Crippen LogP contribution in [0.15, 0.2) is 16.6 Å². The summed E-state index contributed by atoms with van der Waals surface area (Å²) in [6.45, 7) is 6.63. The molecule has 2 aromatic rings. The summed E-state index contributed by atoms with van der Waals surface area (Å²) in [5, 5.41) is 11.9.